The van der Waals surface area contributed by atoms with Crippen molar-refractivity contribution in [2.75, 3.05) is 19.6 Å². The molecule has 2 fully saturated rings. The van der Waals surface area contributed by atoms with Crippen molar-refractivity contribution < 1.29 is 9.59 Å². The second-order valence-corrected chi connectivity index (χ2v) is 7.53. The van der Waals surface area contributed by atoms with Gasteiger partial charge in [0.05, 0.1) is 6.54 Å². The van der Waals surface area contributed by atoms with E-state index in [1.165, 1.54) is 30.4 Å². The minimum absolute atomic E-state index is 0.0528. The van der Waals surface area contributed by atoms with Crippen molar-refractivity contribution in [2.45, 2.75) is 37.5 Å². The van der Waals surface area contributed by atoms with Crippen LogP contribution in [0.25, 0.3) is 0 Å². The van der Waals surface area contributed by atoms with Gasteiger partial charge in [0.25, 0.3) is 0 Å². The molecule has 0 unspecified atom stereocenters. The largest absolute Gasteiger partial charge is 0.354 e. The number of benzene rings is 1. The summed E-state index contributed by atoms with van der Waals surface area (Å²) in [6, 6.07) is 8.44. The lowest BCUT2D eigenvalue weighted by molar-refractivity contribution is -0.120. The number of hydrogen-bond donors (Lipinski definition) is 3. The molecule has 0 bridgehead atoms. The van der Waals surface area contributed by atoms with E-state index in [-0.39, 0.29) is 18.5 Å². The lowest BCUT2D eigenvalue weighted by atomic mass is 9.95. The Morgan fingerprint density at radius 1 is 1.08 bits per heavy atom. The first-order valence-electron chi connectivity index (χ1n) is 9.04. The summed E-state index contributed by atoms with van der Waals surface area (Å²) in [5, 5.41) is 8.42. The molecule has 3 amide bonds. The molecule has 1 aromatic rings. The molecule has 0 heterocycles. The lowest BCUT2D eigenvalue weighted by Gasteiger charge is -2.12. The van der Waals surface area contributed by atoms with Crippen molar-refractivity contribution in [1.29, 1.82) is 0 Å². The van der Waals surface area contributed by atoms with Gasteiger partial charge in [0.2, 0.25) is 5.91 Å². The predicted molar refractivity (Wildman–Crippen MR) is 91.7 cm³/mol. The zero-order valence-corrected chi connectivity index (χ0v) is 13.9. The molecule has 0 radical (unpaired) electrons. The van der Waals surface area contributed by atoms with E-state index in [9.17, 15) is 9.59 Å². The summed E-state index contributed by atoms with van der Waals surface area (Å²) in [5.41, 5.74) is 3.25. The van der Waals surface area contributed by atoms with Gasteiger partial charge in [-0.3, -0.25) is 4.79 Å². The van der Waals surface area contributed by atoms with E-state index in [0.29, 0.717) is 23.8 Å². The molecule has 0 aliphatic heterocycles. The van der Waals surface area contributed by atoms with Crippen molar-refractivity contribution in [3.05, 3.63) is 35.4 Å². The van der Waals surface area contributed by atoms with E-state index in [4.69, 9.17) is 0 Å². The molecule has 1 aromatic carbocycles. The summed E-state index contributed by atoms with van der Waals surface area (Å²) in [6.07, 6.45) is 5.93. The van der Waals surface area contributed by atoms with Crippen molar-refractivity contribution in [2.24, 2.45) is 11.8 Å². The van der Waals surface area contributed by atoms with Gasteiger partial charge in [0, 0.05) is 18.5 Å². The average Bonchev–Trinajstić information content (AvgIpc) is 3.49. The molecule has 2 atom stereocenters. The van der Waals surface area contributed by atoms with Crippen LogP contribution in [0.5, 0.6) is 0 Å². The van der Waals surface area contributed by atoms with Crippen LogP contribution in [-0.2, 0) is 16.6 Å². The van der Waals surface area contributed by atoms with E-state index in [2.05, 4.69) is 40.2 Å². The van der Waals surface area contributed by atoms with Gasteiger partial charge in [-0.1, -0.05) is 24.3 Å². The summed E-state index contributed by atoms with van der Waals surface area (Å²) in [7, 11) is 0. The molecule has 3 aliphatic rings. The van der Waals surface area contributed by atoms with Crippen LogP contribution in [0.4, 0.5) is 4.79 Å². The fourth-order valence-corrected chi connectivity index (χ4v) is 4.08. The number of hydrogen-bond acceptors (Lipinski definition) is 2. The maximum atomic E-state index is 11.9. The number of nitrogens with one attached hydrogen (secondary N) is 3. The predicted octanol–water partition coefficient (Wildman–Crippen LogP) is 1.72. The molecule has 3 N–H and O–H groups in total. The van der Waals surface area contributed by atoms with Crippen molar-refractivity contribution in [3.8, 4) is 0 Å². The summed E-state index contributed by atoms with van der Waals surface area (Å²) in [6.45, 7) is 1.48. The molecule has 4 rings (SSSR count). The first kappa shape index (κ1) is 15.5. The molecule has 0 saturated heterocycles. The Kier molecular flexibility index (Phi) is 3.94. The van der Waals surface area contributed by atoms with E-state index >= 15 is 0 Å². The molecule has 24 heavy (non-hydrogen) atoms. The van der Waals surface area contributed by atoms with E-state index < -0.39 is 0 Å². The van der Waals surface area contributed by atoms with Gasteiger partial charge in [-0.05, 0) is 55.1 Å². The highest BCUT2D eigenvalue weighted by Crippen LogP contribution is 2.61. The second-order valence-electron chi connectivity index (χ2n) is 7.53. The zero-order valence-electron chi connectivity index (χ0n) is 13.9. The molecule has 3 aliphatic carbocycles. The van der Waals surface area contributed by atoms with Crippen molar-refractivity contribution in [3.63, 3.8) is 0 Å². The monoisotopic (exact) mass is 327 g/mol. The summed E-state index contributed by atoms with van der Waals surface area (Å²) < 4.78 is 0. The van der Waals surface area contributed by atoms with Gasteiger partial charge in [0.15, 0.2) is 0 Å². The highest BCUT2D eigenvalue weighted by Gasteiger charge is 2.57. The van der Waals surface area contributed by atoms with Crippen LogP contribution in [0.3, 0.4) is 0 Å². The van der Waals surface area contributed by atoms with Gasteiger partial charge in [0.1, 0.15) is 0 Å². The first-order chi connectivity index (χ1) is 11.7. The van der Waals surface area contributed by atoms with E-state index in [0.717, 1.165) is 19.4 Å². The molecule has 0 aromatic heterocycles. The Balaban J connectivity index is 1.18. The lowest BCUT2D eigenvalue weighted by Crippen LogP contribution is -2.43. The Bertz CT molecular complexity index is 656. The number of urea groups is 1. The maximum absolute atomic E-state index is 11.9. The van der Waals surface area contributed by atoms with Gasteiger partial charge in [-0.15, -0.1) is 0 Å². The third-order valence-corrected chi connectivity index (χ3v) is 5.83. The number of rotatable bonds is 6. The zero-order chi connectivity index (χ0) is 16.6. The minimum Gasteiger partial charge on any atom is -0.354 e. The van der Waals surface area contributed by atoms with Crippen LogP contribution in [0, 0.1) is 11.8 Å². The molecule has 128 valence electrons. The van der Waals surface area contributed by atoms with E-state index in [1.54, 1.807) is 0 Å². The van der Waals surface area contributed by atoms with Crippen LogP contribution in [0.15, 0.2) is 24.3 Å². The first-order valence-corrected chi connectivity index (χ1v) is 9.04. The molecular formula is C19H25N3O2. The highest BCUT2D eigenvalue weighted by atomic mass is 16.2. The fraction of sp³-hybridized carbons (Fsp3) is 0.579. The highest BCUT2D eigenvalue weighted by molar-refractivity contribution is 5.83. The number of carbonyl (C=O) groups is 2. The number of amides is 3. The van der Waals surface area contributed by atoms with Crippen molar-refractivity contribution >= 4 is 11.9 Å². The van der Waals surface area contributed by atoms with E-state index in [1.807, 2.05) is 0 Å². The minimum atomic E-state index is -0.245. The van der Waals surface area contributed by atoms with Gasteiger partial charge >= 0.3 is 6.03 Å². The van der Waals surface area contributed by atoms with Crippen LogP contribution in [-0.4, -0.2) is 31.6 Å². The smallest absolute Gasteiger partial charge is 0.315 e. The standard InChI is InChI=1S/C19H25N3O2/c23-17(20-10-13-5-6-13)12-22-18(24)21-11-15-9-19(15)8-7-14-3-1-2-4-16(14)19/h1-4,13,15H,5-12H2,(H,20,23)(H2,21,22,24)/t15-,19-/m1/s1. The fourth-order valence-electron chi connectivity index (χ4n) is 4.08. The van der Waals surface area contributed by atoms with Gasteiger partial charge in [-0.25, -0.2) is 4.79 Å². The average molecular weight is 327 g/mol. The Labute approximate surface area is 142 Å². The van der Waals surface area contributed by atoms with Crippen molar-refractivity contribution in [1.82, 2.24) is 16.0 Å². The normalized spacial score (nSPS) is 26.8. The number of aryl methyl sites for hydroxylation is 1. The summed E-state index contributed by atoms with van der Waals surface area (Å²) in [5.74, 6) is 1.07. The maximum Gasteiger partial charge on any atom is 0.315 e. The molecule has 2 saturated carbocycles. The quantitative estimate of drug-likeness (QED) is 0.744. The summed E-state index contributed by atoms with van der Waals surface area (Å²) >= 11 is 0. The number of fused-ring (bicyclic) bond motifs is 2. The Hall–Kier alpha value is -2.04. The summed E-state index contributed by atoms with van der Waals surface area (Å²) in [4.78, 5) is 23.5. The van der Waals surface area contributed by atoms with Crippen LogP contribution < -0.4 is 16.0 Å². The topological polar surface area (TPSA) is 70.2 Å². The third kappa shape index (κ3) is 3.12. The SMILES string of the molecule is O=C(CNC(=O)NC[C@H]1C[C@]12CCc1ccccc12)NCC1CC1. The number of carbonyl (C=O) groups excluding carboxylic acids is 2. The third-order valence-electron chi connectivity index (χ3n) is 5.83. The van der Waals surface area contributed by atoms with Gasteiger partial charge < -0.3 is 16.0 Å². The molecule has 1 spiro atoms. The van der Waals surface area contributed by atoms with Gasteiger partial charge in [-0.2, -0.15) is 0 Å². The molecule has 5 heteroatoms. The van der Waals surface area contributed by atoms with Crippen LogP contribution >= 0.6 is 0 Å². The molecular weight excluding hydrogens is 302 g/mol. The Morgan fingerprint density at radius 2 is 1.92 bits per heavy atom. The second kappa shape index (κ2) is 6.11. The van der Waals surface area contributed by atoms with Crippen LogP contribution in [0.1, 0.15) is 36.8 Å². The Morgan fingerprint density at radius 3 is 2.75 bits per heavy atom. The van der Waals surface area contributed by atoms with Crippen LogP contribution in [0.2, 0.25) is 0 Å². The molecule has 5 nitrogen and oxygen atoms in total.